The van der Waals surface area contributed by atoms with Gasteiger partial charge < -0.3 is 0 Å². The maximum Gasteiger partial charge on any atom is 0.0413 e. The van der Waals surface area contributed by atoms with Crippen LogP contribution in [0, 0.1) is 32.6 Å². The molecule has 6 aromatic rings. The smallest absolute Gasteiger partial charge is 0.0413 e. The summed E-state index contributed by atoms with van der Waals surface area (Å²) in [6.45, 7) is 6.49. The first-order valence-corrected chi connectivity index (χ1v) is 12.9. The molecule has 174 valence electrons. The molecule has 0 heteroatoms. The Hall–Kier alpha value is -4.60. The first kappa shape index (κ1) is 21.7. The zero-order valence-electron chi connectivity index (χ0n) is 21.3. The van der Waals surface area contributed by atoms with Gasteiger partial charge in [0.05, 0.1) is 0 Å². The summed E-state index contributed by atoms with van der Waals surface area (Å²) in [5.74, 6) is 7.34. The highest BCUT2D eigenvalue weighted by Gasteiger charge is 2.26. The van der Waals surface area contributed by atoms with Gasteiger partial charge in [0.15, 0.2) is 0 Å². The summed E-state index contributed by atoms with van der Waals surface area (Å²) in [6, 6.07) is 37.4. The van der Waals surface area contributed by atoms with E-state index in [-0.39, 0.29) is 0 Å². The van der Waals surface area contributed by atoms with Crippen molar-refractivity contribution in [2.75, 3.05) is 0 Å². The normalized spacial score (nSPS) is 11.9. The van der Waals surface area contributed by atoms with E-state index in [1.165, 1.54) is 71.3 Å². The van der Waals surface area contributed by atoms with Crippen LogP contribution in [0.3, 0.4) is 0 Å². The van der Waals surface area contributed by atoms with Crippen LogP contribution in [0.2, 0.25) is 0 Å². The Balaban J connectivity index is 1.70. The molecule has 0 heterocycles. The van der Waals surface area contributed by atoms with Crippen LogP contribution in [0.4, 0.5) is 0 Å². The largest absolute Gasteiger partial charge is 0.0622 e. The van der Waals surface area contributed by atoms with Crippen molar-refractivity contribution < 1.29 is 0 Å². The molecule has 0 bridgehead atoms. The minimum atomic E-state index is 1.12. The Bertz CT molecular complexity index is 1960. The minimum absolute atomic E-state index is 1.12. The van der Waals surface area contributed by atoms with Gasteiger partial charge in [-0.2, -0.15) is 0 Å². The molecule has 0 unspecified atom stereocenters. The summed E-state index contributed by atoms with van der Waals surface area (Å²) in [5.41, 5.74) is 12.4. The molecule has 0 atom stereocenters. The molecule has 1 aliphatic carbocycles. The molecular weight excluding hydrogens is 444 g/mol. The van der Waals surface area contributed by atoms with Gasteiger partial charge in [-0.1, -0.05) is 121 Å². The van der Waals surface area contributed by atoms with Gasteiger partial charge in [-0.15, -0.1) is 0 Å². The molecule has 37 heavy (non-hydrogen) atoms. The first-order valence-electron chi connectivity index (χ1n) is 12.9. The third-order valence-corrected chi connectivity index (χ3v) is 7.71. The average molecular weight is 471 g/mol. The topological polar surface area (TPSA) is 0 Å². The summed E-state index contributed by atoms with van der Waals surface area (Å²) in [6.07, 6.45) is 0. The summed E-state index contributed by atoms with van der Waals surface area (Å²) in [7, 11) is 0. The van der Waals surface area contributed by atoms with Crippen molar-refractivity contribution in [2.24, 2.45) is 0 Å². The van der Waals surface area contributed by atoms with Gasteiger partial charge in [0.1, 0.15) is 0 Å². The Kier molecular flexibility index (Phi) is 4.82. The molecule has 0 aromatic heterocycles. The summed E-state index contributed by atoms with van der Waals surface area (Å²) < 4.78 is 0. The van der Waals surface area contributed by atoms with Crippen molar-refractivity contribution >= 4 is 27.1 Å². The van der Waals surface area contributed by atoms with Gasteiger partial charge in [0, 0.05) is 16.7 Å². The highest BCUT2D eigenvalue weighted by molar-refractivity contribution is 6.18. The SMILES string of the molecule is Cc1cc(C)c(C#Cc2c3c(c4cccc5cccc2c54)=C(c2ccccc2)c2ccccc2-3)c(C)c1. The van der Waals surface area contributed by atoms with Crippen LogP contribution in [-0.4, -0.2) is 0 Å². The third-order valence-electron chi connectivity index (χ3n) is 7.71. The van der Waals surface area contributed by atoms with E-state index in [1.54, 1.807) is 0 Å². The zero-order valence-corrected chi connectivity index (χ0v) is 21.3. The van der Waals surface area contributed by atoms with Crippen molar-refractivity contribution in [3.8, 4) is 23.0 Å². The molecule has 1 aliphatic rings. The van der Waals surface area contributed by atoms with E-state index >= 15 is 0 Å². The van der Waals surface area contributed by atoms with Crippen LogP contribution in [0.1, 0.15) is 38.9 Å². The van der Waals surface area contributed by atoms with Crippen LogP contribution in [-0.2, 0) is 0 Å². The fourth-order valence-corrected chi connectivity index (χ4v) is 6.27. The lowest BCUT2D eigenvalue weighted by Gasteiger charge is -2.13. The second-order valence-corrected chi connectivity index (χ2v) is 10.1. The minimum Gasteiger partial charge on any atom is -0.0622 e. The van der Waals surface area contributed by atoms with E-state index in [1.807, 2.05) is 0 Å². The van der Waals surface area contributed by atoms with Crippen LogP contribution in [0.5, 0.6) is 0 Å². The first-order chi connectivity index (χ1) is 18.1. The molecule has 6 aromatic carbocycles. The Morgan fingerprint density at radius 3 is 1.89 bits per heavy atom. The Labute approximate surface area is 217 Å². The van der Waals surface area contributed by atoms with E-state index in [9.17, 15) is 0 Å². The van der Waals surface area contributed by atoms with Crippen LogP contribution >= 0.6 is 0 Å². The van der Waals surface area contributed by atoms with Gasteiger partial charge >= 0.3 is 0 Å². The predicted molar refractivity (Wildman–Crippen MR) is 157 cm³/mol. The van der Waals surface area contributed by atoms with Gasteiger partial charge in [-0.25, -0.2) is 0 Å². The molecule has 7 rings (SSSR count). The maximum atomic E-state index is 3.72. The average Bonchev–Trinajstić information content (AvgIpc) is 3.25. The molecule has 0 amide bonds. The number of hydrogen-bond acceptors (Lipinski definition) is 0. The fraction of sp³-hybridized carbons (Fsp3) is 0.0811. The van der Waals surface area contributed by atoms with Crippen molar-refractivity contribution in [3.05, 3.63) is 147 Å². The van der Waals surface area contributed by atoms with Crippen molar-refractivity contribution in [1.82, 2.24) is 0 Å². The molecule has 0 N–H and O–H groups in total. The quantitative estimate of drug-likeness (QED) is 0.212. The lowest BCUT2D eigenvalue weighted by atomic mass is 9.89. The third kappa shape index (κ3) is 3.25. The molecule has 0 fully saturated rings. The summed E-state index contributed by atoms with van der Waals surface area (Å²) in [5, 5.41) is 6.38. The zero-order chi connectivity index (χ0) is 25.1. The highest BCUT2D eigenvalue weighted by Crippen LogP contribution is 2.41. The van der Waals surface area contributed by atoms with E-state index in [0.29, 0.717) is 0 Å². The molecule has 0 saturated heterocycles. The van der Waals surface area contributed by atoms with E-state index in [2.05, 4.69) is 136 Å². The fourth-order valence-electron chi connectivity index (χ4n) is 6.27. The van der Waals surface area contributed by atoms with Crippen LogP contribution in [0.25, 0.3) is 38.2 Å². The van der Waals surface area contributed by atoms with E-state index in [0.717, 1.165) is 11.1 Å². The van der Waals surface area contributed by atoms with Crippen molar-refractivity contribution in [3.63, 3.8) is 0 Å². The number of rotatable bonds is 1. The highest BCUT2D eigenvalue weighted by atomic mass is 14.3. The standard InChI is InChI=1S/C37H26/c1-23-21-24(2)28(25(3)22-23)19-20-32-29-17-9-13-26-14-10-18-33(34(26)29)37-35(27-11-5-4-6-12-27)30-15-7-8-16-31(30)36(32)37/h4-18,21-22H,1-3H3. The number of benzene rings is 6. The second-order valence-electron chi connectivity index (χ2n) is 10.1. The van der Waals surface area contributed by atoms with E-state index < -0.39 is 0 Å². The van der Waals surface area contributed by atoms with Crippen molar-refractivity contribution in [2.45, 2.75) is 20.8 Å². The Morgan fingerprint density at radius 2 is 1.16 bits per heavy atom. The van der Waals surface area contributed by atoms with Gasteiger partial charge in [0.25, 0.3) is 0 Å². The summed E-state index contributed by atoms with van der Waals surface area (Å²) in [4.78, 5) is 0. The number of fused-ring (bicyclic) bond motifs is 4. The van der Waals surface area contributed by atoms with Gasteiger partial charge in [0.2, 0.25) is 0 Å². The Morgan fingerprint density at radius 1 is 0.541 bits per heavy atom. The lowest BCUT2D eigenvalue weighted by Crippen LogP contribution is -2.10. The molecule has 0 radical (unpaired) electrons. The van der Waals surface area contributed by atoms with Gasteiger partial charge in [-0.3, -0.25) is 0 Å². The summed E-state index contributed by atoms with van der Waals surface area (Å²) >= 11 is 0. The lowest BCUT2D eigenvalue weighted by molar-refractivity contribution is 1.30. The second kappa shape index (κ2) is 8.22. The van der Waals surface area contributed by atoms with Gasteiger partial charge in [-0.05, 0) is 80.9 Å². The molecule has 0 saturated carbocycles. The maximum absolute atomic E-state index is 3.72. The monoisotopic (exact) mass is 470 g/mol. The number of aryl methyl sites for hydroxylation is 3. The van der Waals surface area contributed by atoms with Crippen LogP contribution in [0.15, 0.2) is 103 Å². The van der Waals surface area contributed by atoms with E-state index in [4.69, 9.17) is 0 Å². The van der Waals surface area contributed by atoms with Crippen molar-refractivity contribution in [1.29, 1.82) is 0 Å². The molecule has 0 aliphatic heterocycles. The molecule has 0 spiro atoms. The number of hydrogen-bond donors (Lipinski definition) is 0. The predicted octanol–water partition coefficient (Wildman–Crippen LogP) is 8.26. The van der Waals surface area contributed by atoms with Crippen LogP contribution < -0.4 is 5.22 Å². The molecular formula is C37H26. The molecule has 0 nitrogen and oxygen atoms in total.